The van der Waals surface area contributed by atoms with E-state index in [-0.39, 0.29) is 0 Å². The van der Waals surface area contributed by atoms with E-state index in [9.17, 15) is 0 Å². The van der Waals surface area contributed by atoms with Gasteiger partial charge in [-0.15, -0.1) is 0 Å². The summed E-state index contributed by atoms with van der Waals surface area (Å²) in [6.07, 6.45) is 3.78. The van der Waals surface area contributed by atoms with E-state index in [4.69, 9.17) is 4.74 Å². The van der Waals surface area contributed by atoms with E-state index in [1.54, 1.807) is 7.11 Å². The summed E-state index contributed by atoms with van der Waals surface area (Å²) in [6, 6.07) is 8.09. The van der Waals surface area contributed by atoms with Gasteiger partial charge in [0.05, 0.1) is 30.6 Å². The zero-order valence-electron chi connectivity index (χ0n) is 10.5. The quantitative estimate of drug-likeness (QED) is 0.777. The molecule has 0 fully saturated rings. The minimum atomic E-state index is 0.657. The number of hydrogen-bond donors (Lipinski definition) is 1. The van der Waals surface area contributed by atoms with Crippen molar-refractivity contribution in [1.82, 2.24) is 14.2 Å². The van der Waals surface area contributed by atoms with Crippen molar-refractivity contribution >= 4 is 33.1 Å². The Morgan fingerprint density at radius 1 is 1.37 bits per heavy atom. The number of anilines is 2. The van der Waals surface area contributed by atoms with Gasteiger partial charge in [0, 0.05) is 18.7 Å². The number of aromatic nitrogens is 3. The lowest BCUT2D eigenvalue weighted by Crippen LogP contribution is -2.03. The number of benzene rings is 1. The van der Waals surface area contributed by atoms with E-state index in [1.165, 1.54) is 11.5 Å². The Kier molecular flexibility index (Phi) is 3.43. The van der Waals surface area contributed by atoms with Crippen molar-refractivity contribution in [3.05, 3.63) is 36.7 Å². The number of methoxy groups -OCH3 is 1. The monoisotopic (exact) mass is 274 g/mol. The fourth-order valence-corrected chi connectivity index (χ4v) is 2.63. The first-order chi connectivity index (χ1) is 9.36. The van der Waals surface area contributed by atoms with Crippen molar-refractivity contribution < 1.29 is 4.74 Å². The van der Waals surface area contributed by atoms with E-state index in [0.717, 1.165) is 28.1 Å². The Morgan fingerprint density at radius 3 is 3.16 bits per heavy atom. The Balaban J connectivity index is 1.79. The predicted molar refractivity (Wildman–Crippen MR) is 77.0 cm³/mol. The van der Waals surface area contributed by atoms with Crippen molar-refractivity contribution in [2.24, 2.45) is 0 Å². The highest BCUT2D eigenvalue weighted by Gasteiger charge is 2.06. The number of rotatable bonds is 5. The summed E-state index contributed by atoms with van der Waals surface area (Å²) in [4.78, 5) is 0. The molecule has 0 unspecified atom stereocenters. The van der Waals surface area contributed by atoms with E-state index >= 15 is 0 Å². The molecule has 1 N–H and O–H groups in total. The Hall–Kier alpha value is -1.92. The van der Waals surface area contributed by atoms with Crippen LogP contribution in [-0.2, 0) is 11.3 Å². The van der Waals surface area contributed by atoms with E-state index in [0.29, 0.717) is 6.61 Å². The summed E-state index contributed by atoms with van der Waals surface area (Å²) in [7, 11) is 1.69. The number of fused-ring (bicyclic) bond motifs is 1. The minimum absolute atomic E-state index is 0.657. The number of hydrogen-bond acceptors (Lipinski definition) is 5. The van der Waals surface area contributed by atoms with Crippen molar-refractivity contribution in [3.8, 4) is 0 Å². The third-order valence-electron chi connectivity index (χ3n) is 2.80. The Morgan fingerprint density at radius 2 is 2.26 bits per heavy atom. The first kappa shape index (κ1) is 12.1. The molecule has 0 saturated heterocycles. The van der Waals surface area contributed by atoms with Gasteiger partial charge in [0.1, 0.15) is 5.00 Å². The van der Waals surface area contributed by atoms with Crippen LogP contribution in [-0.4, -0.2) is 27.9 Å². The van der Waals surface area contributed by atoms with E-state index < -0.39 is 0 Å². The van der Waals surface area contributed by atoms with Gasteiger partial charge in [-0.1, -0.05) is 12.1 Å². The second-order valence-electron chi connectivity index (χ2n) is 4.14. The largest absolute Gasteiger partial charge is 0.383 e. The molecule has 5 nitrogen and oxygen atoms in total. The lowest BCUT2D eigenvalue weighted by molar-refractivity contribution is 0.183. The molecule has 3 aromatic rings. The van der Waals surface area contributed by atoms with Gasteiger partial charge in [0.25, 0.3) is 0 Å². The van der Waals surface area contributed by atoms with Gasteiger partial charge in [-0.05, 0) is 23.7 Å². The third-order valence-corrected chi connectivity index (χ3v) is 3.59. The normalized spacial score (nSPS) is 11.0. The van der Waals surface area contributed by atoms with E-state index in [1.807, 2.05) is 35.3 Å². The lowest BCUT2D eigenvalue weighted by atomic mass is 10.2. The fourth-order valence-electron chi connectivity index (χ4n) is 1.85. The second kappa shape index (κ2) is 5.38. The average molecular weight is 274 g/mol. The van der Waals surface area contributed by atoms with Crippen LogP contribution in [0.15, 0.2) is 36.7 Å². The molecule has 1 aromatic carbocycles. The summed E-state index contributed by atoms with van der Waals surface area (Å²) < 4.78 is 11.3. The third kappa shape index (κ3) is 2.59. The first-order valence-electron chi connectivity index (χ1n) is 5.99. The molecule has 2 aromatic heterocycles. The first-order valence-corrected chi connectivity index (χ1v) is 6.77. The number of nitrogens with zero attached hydrogens (tertiary/aromatic N) is 3. The SMILES string of the molecule is COCCn1cc(Nc2snc3ccccc23)cn1. The maximum Gasteiger partial charge on any atom is 0.121 e. The van der Waals surface area contributed by atoms with Crippen LogP contribution in [0.2, 0.25) is 0 Å². The summed E-state index contributed by atoms with van der Waals surface area (Å²) in [5.41, 5.74) is 1.98. The van der Waals surface area contributed by atoms with E-state index in [2.05, 4.69) is 20.9 Å². The van der Waals surface area contributed by atoms with Crippen molar-refractivity contribution in [3.63, 3.8) is 0 Å². The highest BCUT2D eigenvalue weighted by atomic mass is 32.1. The van der Waals surface area contributed by atoms with Gasteiger partial charge in [0.15, 0.2) is 0 Å². The van der Waals surface area contributed by atoms with Crippen LogP contribution >= 0.6 is 11.5 Å². The highest BCUT2D eigenvalue weighted by molar-refractivity contribution is 7.11. The molecular formula is C13H14N4OS. The molecule has 19 heavy (non-hydrogen) atoms. The smallest absolute Gasteiger partial charge is 0.121 e. The van der Waals surface area contributed by atoms with Crippen molar-refractivity contribution in [2.75, 3.05) is 19.0 Å². The second-order valence-corrected chi connectivity index (χ2v) is 4.91. The molecule has 6 heteroatoms. The zero-order valence-corrected chi connectivity index (χ0v) is 11.4. The average Bonchev–Trinajstić information content (AvgIpc) is 3.05. The van der Waals surface area contributed by atoms with Crippen LogP contribution in [0.1, 0.15) is 0 Å². The molecule has 0 amide bonds. The van der Waals surface area contributed by atoms with Crippen LogP contribution < -0.4 is 5.32 Å². The number of nitrogens with one attached hydrogen (secondary N) is 1. The van der Waals surface area contributed by atoms with Crippen molar-refractivity contribution in [2.45, 2.75) is 6.54 Å². The summed E-state index contributed by atoms with van der Waals surface area (Å²) >= 11 is 1.46. The summed E-state index contributed by atoms with van der Waals surface area (Å²) in [5, 5.41) is 9.81. The van der Waals surface area contributed by atoms with Crippen LogP contribution in [0, 0.1) is 0 Å². The molecule has 0 radical (unpaired) electrons. The maximum absolute atomic E-state index is 5.03. The van der Waals surface area contributed by atoms with Crippen LogP contribution in [0.5, 0.6) is 0 Å². The van der Waals surface area contributed by atoms with Gasteiger partial charge in [-0.25, -0.2) is 0 Å². The molecule has 0 aliphatic heterocycles. The molecule has 3 rings (SSSR count). The zero-order chi connectivity index (χ0) is 13.1. The topological polar surface area (TPSA) is 52.0 Å². The van der Waals surface area contributed by atoms with Gasteiger partial charge in [-0.3, -0.25) is 4.68 Å². The molecule has 2 heterocycles. The highest BCUT2D eigenvalue weighted by Crippen LogP contribution is 2.29. The predicted octanol–water partition coefficient (Wildman–Crippen LogP) is 2.88. The molecule has 0 bridgehead atoms. The molecular weight excluding hydrogens is 260 g/mol. The Bertz CT molecular complexity index is 676. The fraction of sp³-hybridized carbons (Fsp3) is 0.231. The van der Waals surface area contributed by atoms with Crippen LogP contribution in [0.3, 0.4) is 0 Å². The van der Waals surface area contributed by atoms with Crippen LogP contribution in [0.4, 0.5) is 10.7 Å². The summed E-state index contributed by atoms with van der Waals surface area (Å²) in [6.45, 7) is 1.41. The van der Waals surface area contributed by atoms with Gasteiger partial charge in [-0.2, -0.15) is 9.47 Å². The number of ether oxygens (including phenoxy) is 1. The van der Waals surface area contributed by atoms with Gasteiger partial charge in [0.2, 0.25) is 0 Å². The molecule has 0 atom stereocenters. The standard InChI is InChI=1S/C13H14N4OS/c1-18-7-6-17-9-10(8-14-17)15-13-11-4-2-3-5-12(11)16-19-13/h2-5,8-9,15H,6-7H2,1H3. The maximum atomic E-state index is 5.03. The molecule has 0 spiro atoms. The van der Waals surface area contributed by atoms with Crippen molar-refractivity contribution in [1.29, 1.82) is 0 Å². The Labute approximate surface area is 115 Å². The minimum Gasteiger partial charge on any atom is -0.383 e. The molecule has 0 saturated carbocycles. The lowest BCUT2D eigenvalue weighted by Gasteiger charge is -2.00. The molecule has 0 aliphatic rings. The van der Waals surface area contributed by atoms with Gasteiger partial charge >= 0.3 is 0 Å². The molecule has 0 aliphatic carbocycles. The van der Waals surface area contributed by atoms with Gasteiger partial charge < -0.3 is 10.1 Å². The summed E-state index contributed by atoms with van der Waals surface area (Å²) in [5.74, 6) is 0. The molecule has 98 valence electrons. The van der Waals surface area contributed by atoms with Crippen LogP contribution in [0.25, 0.3) is 10.9 Å².